The lowest BCUT2D eigenvalue weighted by atomic mass is 10.1. The van der Waals surface area contributed by atoms with Gasteiger partial charge in [0.05, 0.1) is 12.1 Å². The zero-order valence-electron chi connectivity index (χ0n) is 17.3. The average Bonchev–Trinajstić information content (AvgIpc) is 2.74. The largest absolute Gasteiger partial charge is 0.452 e. The molecule has 3 rings (SSSR count). The number of nitrogens with zero attached hydrogens (tertiary/aromatic N) is 1. The summed E-state index contributed by atoms with van der Waals surface area (Å²) in [6, 6.07) is 18.6. The number of hydrogen-bond donors (Lipinski definition) is 1. The predicted molar refractivity (Wildman–Crippen MR) is 116 cm³/mol. The van der Waals surface area contributed by atoms with Gasteiger partial charge in [-0.1, -0.05) is 48.5 Å². The molecule has 0 unspecified atom stereocenters. The average molecular weight is 404 g/mol. The second-order valence-electron chi connectivity index (χ2n) is 7.20. The maximum absolute atomic E-state index is 12.3. The first-order valence-corrected chi connectivity index (χ1v) is 9.61. The van der Waals surface area contributed by atoms with E-state index in [-0.39, 0.29) is 12.5 Å². The summed E-state index contributed by atoms with van der Waals surface area (Å²) in [5.74, 6) is -1.35. The van der Waals surface area contributed by atoms with Crippen molar-refractivity contribution in [3.8, 4) is 0 Å². The number of hydrogen-bond acceptors (Lipinski definition) is 4. The summed E-state index contributed by atoms with van der Waals surface area (Å²) in [4.78, 5) is 38.1. The summed E-state index contributed by atoms with van der Waals surface area (Å²) >= 11 is 0. The van der Waals surface area contributed by atoms with Crippen LogP contribution in [0.5, 0.6) is 0 Å². The van der Waals surface area contributed by atoms with Gasteiger partial charge in [-0.15, -0.1) is 0 Å². The van der Waals surface area contributed by atoms with Crippen LogP contribution in [0.3, 0.4) is 0 Å². The van der Waals surface area contributed by atoms with Crippen molar-refractivity contribution in [1.29, 1.82) is 0 Å². The number of amides is 2. The molecule has 6 nitrogen and oxygen atoms in total. The van der Waals surface area contributed by atoms with Crippen LogP contribution in [0.4, 0.5) is 5.69 Å². The molecule has 0 aromatic heterocycles. The molecule has 0 aliphatic rings. The SMILES string of the molecule is Cc1cccc(C)c1NC(=O)CN(C)C(=O)COC(=O)c1ccc2ccccc2c1. The Morgan fingerprint density at radius 1 is 0.900 bits per heavy atom. The summed E-state index contributed by atoms with van der Waals surface area (Å²) in [5, 5.41) is 4.76. The molecule has 30 heavy (non-hydrogen) atoms. The van der Waals surface area contributed by atoms with Crippen LogP contribution in [0.2, 0.25) is 0 Å². The molecule has 3 aromatic rings. The van der Waals surface area contributed by atoms with Gasteiger partial charge in [0.2, 0.25) is 5.91 Å². The highest BCUT2D eigenvalue weighted by molar-refractivity contribution is 5.98. The molecule has 0 spiro atoms. The number of nitrogens with one attached hydrogen (secondary N) is 1. The number of benzene rings is 3. The number of aryl methyl sites for hydroxylation is 2. The number of fused-ring (bicyclic) bond motifs is 1. The second-order valence-corrected chi connectivity index (χ2v) is 7.20. The number of esters is 1. The molecule has 0 saturated heterocycles. The third-order valence-corrected chi connectivity index (χ3v) is 4.86. The molecule has 154 valence electrons. The van der Waals surface area contributed by atoms with Gasteiger partial charge in [-0.05, 0) is 47.9 Å². The van der Waals surface area contributed by atoms with Gasteiger partial charge in [0, 0.05) is 12.7 Å². The Labute approximate surface area is 175 Å². The van der Waals surface area contributed by atoms with Crippen molar-refractivity contribution in [1.82, 2.24) is 4.90 Å². The van der Waals surface area contributed by atoms with Gasteiger partial charge in [-0.25, -0.2) is 4.79 Å². The van der Waals surface area contributed by atoms with Crippen molar-refractivity contribution in [2.45, 2.75) is 13.8 Å². The van der Waals surface area contributed by atoms with Crippen molar-refractivity contribution < 1.29 is 19.1 Å². The zero-order valence-corrected chi connectivity index (χ0v) is 17.3. The van der Waals surface area contributed by atoms with E-state index in [1.807, 2.05) is 62.4 Å². The van der Waals surface area contributed by atoms with Crippen LogP contribution in [-0.2, 0) is 14.3 Å². The maximum Gasteiger partial charge on any atom is 0.338 e. The van der Waals surface area contributed by atoms with E-state index in [1.165, 1.54) is 11.9 Å². The minimum atomic E-state index is -0.581. The van der Waals surface area contributed by atoms with E-state index in [0.29, 0.717) is 5.56 Å². The molecule has 1 N–H and O–H groups in total. The van der Waals surface area contributed by atoms with Gasteiger partial charge in [-0.3, -0.25) is 9.59 Å². The highest BCUT2D eigenvalue weighted by Gasteiger charge is 2.17. The summed E-state index contributed by atoms with van der Waals surface area (Å²) < 4.78 is 5.14. The van der Waals surface area contributed by atoms with E-state index in [9.17, 15) is 14.4 Å². The first kappa shape index (κ1) is 21.0. The van der Waals surface area contributed by atoms with E-state index < -0.39 is 18.5 Å². The maximum atomic E-state index is 12.3. The molecule has 2 amide bonds. The second kappa shape index (κ2) is 9.22. The Kier molecular flexibility index (Phi) is 6.47. The fraction of sp³-hybridized carbons (Fsp3) is 0.208. The standard InChI is InChI=1S/C24H24N2O4/c1-16-7-6-8-17(2)23(16)25-21(27)14-26(3)22(28)15-30-24(29)20-12-11-18-9-4-5-10-19(18)13-20/h4-13H,14-15H2,1-3H3,(H,25,27). The molecule has 0 bridgehead atoms. The number of ether oxygens (including phenoxy) is 1. The lowest BCUT2D eigenvalue weighted by Gasteiger charge is -2.18. The van der Waals surface area contributed by atoms with Crippen molar-refractivity contribution in [2.75, 3.05) is 25.5 Å². The Morgan fingerprint density at radius 3 is 2.27 bits per heavy atom. The number of carbonyl (C=O) groups is 3. The van der Waals surface area contributed by atoms with Gasteiger partial charge in [0.15, 0.2) is 6.61 Å². The van der Waals surface area contributed by atoms with Gasteiger partial charge in [0.25, 0.3) is 5.91 Å². The molecule has 0 fully saturated rings. The van der Waals surface area contributed by atoms with Crippen LogP contribution in [-0.4, -0.2) is 42.9 Å². The van der Waals surface area contributed by atoms with E-state index >= 15 is 0 Å². The predicted octanol–water partition coefficient (Wildman–Crippen LogP) is 3.71. The van der Waals surface area contributed by atoms with Crippen LogP contribution < -0.4 is 5.32 Å². The van der Waals surface area contributed by atoms with Crippen LogP contribution in [0, 0.1) is 13.8 Å². The summed E-state index contributed by atoms with van der Waals surface area (Å²) in [5.41, 5.74) is 3.01. The highest BCUT2D eigenvalue weighted by Crippen LogP contribution is 2.19. The van der Waals surface area contributed by atoms with E-state index in [2.05, 4.69) is 5.32 Å². The number of carbonyl (C=O) groups excluding carboxylic acids is 3. The number of likely N-dealkylation sites (N-methyl/N-ethyl adjacent to an activating group) is 1. The first-order chi connectivity index (χ1) is 14.3. The fourth-order valence-corrected chi connectivity index (χ4v) is 3.13. The monoisotopic (exact) mass is 404 g/mol. The Hall–Kier alpha value is -3.67. The van der Waals surface area contributed by atoms with E-state index in [1.54, 1.807) is 12.1 Å². The van der Waals surface area contributed by atoms with E-state index in [0.717, 1.165) is 27.6 Å². The molecule has 3 aromatic carbocycles. The Morgan fingerprint density at radius 2 is 1.57 bits per heavy atom. The van der Waals surface area contributed by atoms with Crippen molar-refractivity contribution in [3.05, 3.63) is 77.4 Å². The molecular formula is C24H24N2O4. The number of para-hydroxylation sites is 1. The lowest BCUT2D eigenvalue weighted by Crippen LogP contribution is -2.37. The molecule has 0 aliphatic carbocycles. The minimum absolute atomic E-state index is 0.139. The van der Waals surface area contributed by atoms with E-state index in [4.69, 9.17) is 4.74 Å². The smallest absolute Gasteiger partial charge is 0.338 e. The van der Waals surface area contributed by atoms with Crippen LogP contribution >= 0.6 is 0 Å². The van der Waals surface area contributed by atoms with Gasteiger partial charge in [0.1, 0.15) is 0 Å². The number of anilines is 1. The van der Waals surface area contributed by atoms with Crippen LogP contribution in [0.15, 0.2) is 60.7 Å². The van der Waals surface area contributed by atoms with Crippen molar-refractivity contribution in [3.63, 3.8) is 0 Å². The Balaban J connectivity index is 1.53. The topological polar surface area (TPSA) is 75.7 Å². The lowest BCUT2D eigenvalue weighted by molar-refractivity contribution is -0.136. The van der Waals surface area contributed by atoms with Crippen LogP contribution in [0.25, 0.3) is 10.8 Å². The summed E-state index contributed by atoms with van der Waals surface area (Å²) in [7, 11) is 1.50. The number of rotatable bonds is 6. The molecule has 0 radical (unpaired) electrons. The van der Waals surface area contributed by atoms with Crippen molar-refractivity contribution in [2.24, 2.45) is 0 Å². The molecular weight excluding hydrogens is 380 g/mol. The normalized spacial score (nSPS) is 10.5. The molecule has 0 heterocycles. The van der Waals surface area contributed by atoms with Gasteiger partial charge in [-0.2, -0.15) is 0 Å². The Bertz CT molecular complexity index is 1090. The highest BCUT2D eigenvalue weighted by atomic mass is 16.5. The molecule has 0 aliphatic heterocycles. The summed E-state index contributed by atoms with van der Waals surface area (Å²) in [6.07, 6.45) is 0. The minimum Gasteiger partial charge on any atom is -0.452 e. The quantitative estimate of drug-likeness (QED) is 0.636. The third-order valence-electron chi connectivity index (χ3n) is 4.86. The molecule has 0 saturated carbocycles. The molecule has 6 heteroatoms. The van der Waals surface area contributed by atoms with Gasteiger partial charge < -0.3 is 15.0 Å². The van der Waals surface area contributed by atoms with Gasteiger partial charge >= 0.3 is 5.97 Å². The third kappa shape index (κ3) is 5.03. The van der Waals surface area contributed by atoms with Crippen LogP contribution in [0.1, 0.15) is 21.5 Å². The van der Waals surface area contributed by atoms with Crippen molar-refractivity contribution >= 4 is 34.2 Å². The summed E-state index contributed by atoms with van der Waals surface area (Å²) in [6.45, 7) is 3.24. The first-order valence-electron chi connectivity index (χ1n) is 9.61. The molecule has 0 atom stereocenters. The zero-order chi connectivity index (χ0) is 21.7. The fourth-order valence-electron chi connectivity index (χ4n) is 3.13.